The number of rotatable bonds is 6. The molecule has 1 heterocycles. The van der Waals surface area contributed by atoms with E-state index >= 15 is 0 Å². The maximum absolute atomic E-state index is 12.7. The van der Waals surface area contributed by atoms with Gasteiger partial charge in [0.1, 0.15) is 6.10 Å². The first-order chi connectivity index (χ1) is 11.9. The van der Waals surface area contributed by atoms with E-state index in [0.717, 1.165) is 5.56 Å². The SMILES string of the molecule is CC(C)NC(=O)CCCC(=O)N1C(C)COC(c2ccccc2)C1C. The van der Waals surface area contributed by atoms with Gasteiger partial charge in [0.2, 0.25) is 11.8 Å². The average molecular weight is 346 g/mol. The lowest BCUT2D eigenvalue weighted by atomic mass is 9.98. The Labute approximate surface area is 150 Å². The highest BCUT2D eigenvalue weighted by molar-refractivity contribution is 5.79. The molecule has 1 aliphatic heterocycles. The summed E-state index contributed by atoms with van der Waals surface area (Å²) in [7, 11) is 0. The quantitative estimate of drug-likeness (QED) is 0.861. The molecule has 25 heavy (non-hydrogen) atoms. The summed E-state index contributed by atoms with van der Waals surface area (Å²) in [6, 6.07) is 10.2. The summed E-state index contributed by atoms with van der Waals surface area (Å²) in [5, 5.41) is 2.86. The highest BCUT2D eigenvalue weighted by atomic mass is 16.5. The molecule has 5 heteroatoms. The fourth-order valence-corrected chi connectivity index (χ4v) is 3.42. The first kappa shape index (κ1) is 19.4. The number of amides is 2. The van der Waals surface area contributed by atoms with Crippen LogP contribution in [0.25, 0.3) is 0 Å². The monoisotopic (exact) mass is 346 g/mol. The van der Waals surface area contributed by atoms with E-state index in [4.69, 9.17) is 4.74 Å². The Kier molecular flexibility index (Phi) is 7.00. The van der Waals surface area contributed by atoms with Crippen LogP contribution in [0.3, 0.4) is 0 Å². The molecule has 1 aromatic rings. The predicted octanol–water partition coefficient (Wildman–Crippen LogP) is 3.06. The summed E-state index contributed by atoms with van der Waals surface area (Å²) >= 11 is 0. The number of hydrogen-bond donors (Lipinski definition) is 1. The third kappa shape index (κ3) is 5.30. The fraction of sp³-hybridized carbons (Fsp3) is 0.600. The lowest BCUT2D eigenvalue weighted by Gasteiger charge is -2.44. The molecule has 0 aromatic heterocycles. The Balaban J connectivity index is 1.94. The Morgan fingerprint density at radius 3 is 2.52 bits per heavy atom. The topological polar surface area (TPSA) is 58.6 Å². The van der Waals surface area contributed by atoms with Crippen LogP contribution in [0.5, 0.6) is 0 Å². The average Bonchev–Trinajstić information content (AvgIpc) is 2.55. The first-order valence-electron chi connectivity index (χ1n) is 9.17. The van der Waals surface area contributed by atoms with E-state index in [1.165, 1.54) is 0 Å². The Bertz CT molecular complexity index is 574. The van der Waals surface area contributed by atoms with Gasteiger partial charge in [-0.2, -0.15) is 0 Å². The Hall–Kier alpha value is -1.88. The van der Waals surface area contributed by atoms with E-state index in [2.05, 4.69) is 5.32 Å². The molecule has 3 unspecified atom stereocenters. The Morgan fingerprint density at radius 1 is 1.20 bits per heavy atom. The lowest BCUT2D eigenvalue weighted by Crippen LogP contribution is -2.53. The van der Waals surface area contributed by atoms with Crippen molar-refractivity contribution in [1.82, 2.24) is 10.2 Å². The molecule has 0 saturated carbocycles. The van der Waals surface area contributed by atoms with Crippen LogP contribution < -0.4 is 5.32 Å². The van der Waals surface area contributed by atoms with Crippen molar-refractivity contribution in [2.45, 2.75) is 71.2 Å². The van der Waals surface area contributed by atoms with Crippen LogP contribution in [0, 0.1) is 0 Å². The number of carbonyl (C=O) groups excluding carboxylic acids is 2. The van der Waals surface area contributed by atoms with Crippen LogP contribution >= 0.6 is 0 Å². The smallest absolute Gasteiger partial charge is 0.223 e. The molecular weight excluding hydrogens is 316 g/mol. The third-order valence-electron chi connectivity index (χ3n) is 4.53. The zero-order valence-electron chi connectivity index (χ0n) is 15.7. The summed E-state index contributed by atoms with van der Waals surface area (Å²) in [6.45, 7) is 8.45. The van der Waals surface area contributed by atoms with Gasteiger partial charge in [0.25, 0.3) is 0 Å². The van der Waals surface area contributed by atoms with Crippen molar-refractivity contribution in [2.75, 3.05) is 6.61 Å². The van der Waals surface area contributed by atoms with E-state index < -0.39 is 0 Å². The molecule has 2 rings (SSSR count). The zero-order chi connectivity index (χ0) is 18.4. The minimum Gasteiger partial charge on any atom is -0.369 e. The number of nitrogens with one attached hydrogen (secondary N) is 1. The Morgan fingerprint density at radius 2 is 1.88 bits per heavy atom. The molecular formula is C20H30N2O3. The van der Waals surface area contributed by atoms with Gasteiger partial charge < -0.3 is 15.0 Å². The second-order valence-electron chi connectivity index (χ2n) is 7.13. The van der Waals surface area contributed by atoms with E-state index in [9.17, 15) is 9.59 Å². The molecule has 3 atom stereocenters. The molecule has 1 aromatic carbocycles. The molecule has 0 radical (unpaired) electrons. The summed E-state index contributed by atoms with van der Waals surface area (Å²) in [5.74, 6) is 0.106. The molecule has 5 nitrogen and oxygen atoms in total. The van der Waals surface area contributed by atoms with Gasteiger partial charge in [-0.15, -0.1) is 0 Å². The number of benzene rings is 1. The van der Waals surface area contributed by atoms with E-state index in [-0.39, 0.29) is 36.0 Å². The van der Waals surface area contributed by atoms with Crippen molar-refractivity contribution < 1.29 is 14.3 Å². The molecule has 1 N–H and O–H groups in total. The van der Waals surface area contributed by atoms with Gasteiger partial charge in [0, 0.05) is 18.9 Å². The lowest BCUT2D eigenvalue weighted by molar-refractivity contribution is -0.153. The number of nitrogens with zero attached hydrogens (tertiary/aromatic N) is 1. The van der Waals surface area contributed by atoms with Crippen molar-refractivity contribution in [3.8, 4) is 0 Å². The van der Waals surface area contributed by atoms with Crippen LogP contribution in [0.1, 0.15) is 58.6 Å². The molecule has 1 saturated heterocycles. The maximum Gasteiger partial charge on any atom is 0.223 e. The largest absolute Gasteiger partial charge is 0.369 e. The third-order valence-corrected chi connectivity index (χ3v) is 4.53. The molecule has 0 aliphatic carbocycles. The highest BCUT2D eigenvalue weighted by Gasteiger charge is 2.36. The van der Waals surface area contributed by atoms with Crippen molar-refractivity contribution in [3.63, 3.8) is 0 Å². The van der Waals surface area contributed by atoms with Crippen molar-refractivity contribution >= 4 is 11.8 Å². The summed E-state index contributed by atoms with van der Waals surface area (Å²) in [5.41, 5.74) is 1.09. The van der Waals surface area contributed by atoms with Crippen LogP contribution in [0.15, 0.2) is 30.3 Å². The van der Waals surface area contributed by atoms with Gasteiger partial charge in [-0.1, -0.05) is 30.3 Å². The van der Waals surface area contributed by atoms with Gasteiger partial charge in [-0.25, -0.2) is 0 Å². The van der Waals surface area contributed by atoms with Gasteiger partial charge in [0.15, 0.2) is 0 Å². The molecule has 0 spiro atoms. The number of morpholine rings is 1. The predicted molar refractivity (Wildman–Crippen MR) is 98.0 cm³/mol. The number of ether oxygens (including phenoxy) is 1. The van der Waals surface area contributed by atoms with E-state index in [0.29, 0.717) is 25.9 Å². The van der Waals surface area contributed by atoms with Gasteiger partial charge >= 0.3 is 0 Å². The minimum atomic E-state index is -0.106. The number of carbonyl (C=O) groups is 2. The summed E-state index contributed by atoms with van der Waals surface area (Å²) in [4.78, 5) is 26.4. The fourth-order valence-electron chi connectivity index (χ4n) is 3.42. The van der Waals surface area contributed by atoms with Crippen molar-refractivity contribution in [2.24, 2.45) is 0 Å². The van der Waals surface area contributed by atoms with E-state index in [1.54, 1.807) is 0 Å². The van der Waals surface area contributed by atoms with Crippen molar-refractivity contribution in [1.29, 1.82) is 0 Å². The summed E-state index contributed by atoms with van der Waals surface area (Å²) < 4.78 is 6.00. The van der Waals surface area contributed by atoms with Gasteiger partial charge in [-0.3, -0.25) is 9.59 Å². The van der Waals surface area contributed by atoms with Crippen LogP contribution in [-0.4, -0.2) is 41.4 Å². The normalized spacial score (nSPS) is 23.6. The second kappa shape index (κ2) is 8.99. The summed E-state index contributed by atoms with van der Waals surface area (Å²) in [6.07, 6.45) is 1.25. The highest BCUT2D eigenvalue weighted by Crippen LogP contribution is 2.31. The first-order valence-corrected chi connectivity index (χ1v) is 9.17. The maximum atomic E-state index is 12.7. The molecule has 0 bridgehead atoms. The zero-order valence-corrected chi connectivity index (χ0v) is 15.7. The van der Waals surface area contributed by atoms with Crippen LogP contribution in [0.4, 0.5) is 0 Å². The molecule has 1 aliphatic rings. The van der Waals surface area contributed by atoms with Crippen molar-refractivity contribution in [3.05, 3.63) is 35.9 Å². The number of hydrogen-bond acceptors (Lipinski definition) is 3. The molecule has 1 fully saturated rings. The van der Waals surface area contributed by atoms with Gasteiger partial charge in [-0.05, 0) is 39.7 Å². The minimum absolute atomic E-state index is 0.00744. The standard InChI is InChI=1S/C20H30N2O3/c1-14(2)21-18(23)11-8-12-19(24)22-15(3)13-25-20(16(22)4)17-9-6-5-7-10-17/h5-7,9-10,14-16,20H,8,11-13H2,1-4H3,(H,21,23). The second-order valence-corrected chi connectivity index (χ2v) is 7.13. The van der Waals surface area contributed by atoms with Crippen LogP contribution in [0.2, 0.25) is 0 Å². The van der Waals surface area contributed by atoms with E-state index in [1.807, 2.05) is 62.9 Å². The molecule has 2 amide bonds. The molecule has 138 valence electrons. The van der Waals surface area contributed by atoms with Crippen LogP contribution in [-0.2, 0) is 14.3 Å². The van der Waals surface area contributed by atoms with Gasteiger partial charge in [0.05, 0.1) is 18.7 Å².